The normalized spacial score (nSPS) is 14.8. The Labute approximate surface area is 179 Å². The standard InChI is InChI=1S/C20H22F2N6O2S/c21-16-13-17(22)15-18(14-16)26-8-10-27(11-9-26)20-23-24-25-28(20)7-4-12-31(29,30)19-5-2-1-3-6-19/h1-3,5-6,13-15H,4,7-12H2. The number of sulfone groups is 1. The van der Waals surface area contributed by atoms with Crippen LogP contribution < -0.4 is 9.80 Å². The molecule has 8 nitrogen and oxygen atoms in total. The average Bonchev–Trinajstić information content (AvgIpc) is 3.22. The molecule has 4 rings (SSSR count). The maximum atomic E-state index is 13.5. The van der Waals surface area contributed by atoms with Gasteiger partial charge < -0.3 is 9.80 Å². The van der Waals surface area contributed by atoms with Crippen molar-refractivity contribution in [1.29, 1.82) is 0 Å². The second kappa shape index (κ2) is 8.96. The number of aryl methyl sites for hydroxylation is 1. The number of halogens is 2. The van der Waals surface area contributed by atoms with Gasteiger partial charge in [-0.1, -0.05) is 23.3 Å². The van der Waals surface area contributed by atoms with Crippen LogP contribution in [0.15, 0.2) is 53.4 Å². The highest BCUT2D eigenvalue weighted by Gasteiger charge is 2.23. The van der Waals surface area contributed by atoms with Gasteiger partial charge in [0.2, 0.25) is 5.95 Å². The fourth-order valence-electron chi connectivity index (χ4n) is 3.61. The van der Waals surface area contributed by atoms with Crippen molar-refractivity contribution >= 4 is 21.5 Å². The highest BCUT2D eigenvalue weighted by Crippen LogP contribution is 2.21. The van der Waals surface area contributed by atoms with E-state index in [1.807, 2.05) is 9.80 Å². The highest BCUT2D eigenvalue weighted by molar-refractivity contribution is 7.91. The van der Waals surface area contributed by atoms with Gasteiger partial charge in [0.1, 0.15) is 11.6 Å². The van der Waals surface area contributed by atoms with Crippen LogP contribution in [-0.2, 0) is 16.4 Å². The minimum Gasteiger partial charge on any atom is -0.368 e. The summed E-state index contributed by atoms with van der Waals surface area (Å²) >= 11 is 0. The Morgan fingerprint density at radius 2 is 1.55 bits per heavy atom. The number of benzene rings is 2. The van der Waals surface area contributed by atoms with Crippen molar-refractivity contribution in [3.63, 3.8) is 0 Å². The predicted molar refractivity (Wildman–Crippen MR) is 112 cm³/mol. The molecule has 0 atom stereocenters. The number of hydrogen-bond donors (Lipinski definition) is 0. The zero-order chi connectivity index (χ0) is 21.8. The third-order valence-electron chi connectivity index (χ3n) is 5.17. The molecule has 1 saturated heterocycles. The Kier molecular flexibility index (Phi) is 6.12. The summed E-state index contributed by atoms with van der Waals surface area (Å²) in [6, 6.07) is 11.8. The Morgan fingerprint density at radius 3 is 2.23 bits per heavy atom. The van der Waals surface area contributed by atoms with Crippen molar-refractivity contribution in [2.75, 3.05) is 41.7 Å². The van der Waals surface area contributed by atoms with Gasteiger partial charge in [-0.05, 0) is 41.1 Å². The summed E-state index contributed by atoms with van der Waals surface area (Å²) in [5.74, 6) is -0.657. The van der Waals surface area contributed by atoms with Crippen molar-refractivity contribution in [3.05, 3.63) is 60.2 Å². The first-order valence-electron chi connectivity index (χ1n) is 9.92. The number of anilines is 2. The third-order valence-corrected chi connectivity index (χ3v) is 6.99. The van der Waals surface area contributed by atoms with Crippen LogP contribution in [-0.4, -0.2) is 60.6 Å². The lowest BCUT2D eigenvalue weighted by atomic mass is 10.2. The number of tetrazole rings is 1. The summed E-state index contributed by atoms with van der Waals surface area (Å²) in [5, 5.41) is 11.8. The summed E-state index contributed by atoms with van der Waals surface area (Å²) in [4.78, 5) is 4.19. The van der Waals surface area contributed by atoms with Gasteiger partial charge in [-0.3, -0.25) is 0 Å². The van der Waals surface area contributed by atoms with E-state index >= 15 is 0 Å². The van der Waals surface area contributed by atoms with Crippen molar-refractivity contribution in [2.45, 2.75) is 17.9 Å². The van der Waals surface area contributed by atoms with Gasteiger partial charge in [-0.25, -0.2) is 21.9 Å². The molecule has 1 aliphatic heterocycles. The molecule has 0 unspecified atom stereocenters. The van der Waals surface area contributed by atoms with Crippen LogP contribution in [0.4, 0.5) is 20.4 Å². The molecule has 0 radical (unpaired) electrons. The minimum atomic E-state index is -3.36. The van der Waals surface area contributed by atoms with Crippen molar-refractivity contribution in [2.24, 2.45) is 0 Å². The van der Waals surface area contributed by atoms with Crippen LogP contribution in [0.1, 0.15) is 6.42 Å². The molecule has 1 fully saturated rings. The second-order valence-electron chi connectivity index (χ2n) is 7.29. The van der Waals surface area contributed by atoms with Crippen LogP contribution in [0.25, 0.3) is 0 Å². The van der Waals surface area contributed by atoms with E-state index < -0.39 is 21.5 Å². The SMILES string of the molecule is O=S(=O)(CCCn1nnnc1N1CCN(c2cc(F)cc(F)c2)CC1)c1ccccc1. The zero-order valence-corrected chi connectivity index (χ0v) is 17.5. The molecular weight excluding hydrogens is 426 g/mol. The molecule has 2 aromatic carbocycles. The molecule has 0 N–H and O–H groups in total. The molecule has 31 heavy (non-hydrogen) atoms. The molecule has 0 saturated carbocycles. The molecule has 0 spiro atoms. The molecule has 1 aromatic heterocycles. The van der Waals surface area contributed by atoms with E-state index in [1.54, 1.807) is 35.0 Å². The van der Waals surface area contributed by atoms with E-state index in [9.17, 15) is 17.2 Å². The number of piperazine rings is 1. The van der Waals surface area contributed by atoms with Crippen molar-refractivity contribution < 1.29 is 17.2 Å². The first-order chi connectivity index (χ1) is 14.9. The third kappa shape index (κ3) is 4.98. The van der Waals surface area contributed by atoms with Gasteiger partial charge in [0, 0.05) is 44.5 Å². The van der Waals surface area contributed by atoms with Crippen LogP contribution >= 0.6 is 0 Å². The molecule has 0 bridgehead atoms. The van der Waals surface area contributed by atoms with Crippen LogP contribution in [0.5, 0.6) is 0 Å². The van der Waals surface area contributed by atoms with Gasteiger partial charge in [0.15, 0.2) is 9.84 Å². The predicted octanol–water partition coefficient (Wildman–Crippen LogP) is 2.14. The van der Waals surface area contributed by atoms with Gasteiger partial charge in [0.05, 0.1) is 10.6 Å². The van der Waals surface area contributed by atoms with Gasteiger partial charge >= 0.3 is 0 Å². The van der Waals surface area contributed by atoms with Gasteiger partial charge in [-0.15, -0.1) is 0 Å². The lowest BCUT2D eigenvalue weighted by Gasteiger charge is -2.36. The Morgan fingerprint density at radius 1 is 0.903 bits per heavy atom. The van der Waals surface area contributed by atoms with E-state index in [2.05, 4.69) is 15.5 Å². The van der Waals surface area contributed by atoms with Crippen molar-refractivity contribution in [3.8, 4) is 0 Å². The smallest absolute Gasteiger partial charge is 0.245 e. The zero-order valence-electron chi connectivity index (χ0n) is 16.7. The number of aromatic nitrogens is 4. The van der Waals surface area contributed by atoms with Crippen LogP contribution in [0.2, 0.25) is 0 Å². The minimum absolute atomic E-state index is 0.00474. The van der Waals surface area contributed by atoms with Crippen molar-refractivity contribution in [1.82, 2.24) is 20.2 Å². The van der Waals surface area contributed by atoms with Gasteiger partial charge in [0.25, 0.3) is 0 Å². The Bertz CT molecular complexity index is 1110. The van der Waals surface area contributed by atoms with Crippen LogP contribution in [0, 0.1) is 11.6 Å². The number of hydrogen-bond acceptors (Lipinski definition) is 7. The molecular formula is C20H22F2N6O2S. The summed E-state index contributed by atoms with van der Waals surface area (Å²) in [5.41, 5.74) is 0.503. The maximum absolute atomic E-state index is 13.5. The molecule has 164 valence electrons. The fraction of sp³-hybridized carbons (Fsp3) is 0.350. The summed E-state index contributed by atoms with van der Waals surface area (Å²) in [6.07, 6.45) is 0.373. The number of rotatable bonds is 7. The molecule has 2 heterocycles. The summed E-state index contributed by atoms with van der Waals surface area (Å²) in [7, 11) is -3.36. The largest absolute Gasteiger partial charge is 0.368 e. The lowest BCUT2D eigenvalue weighted by molar-refractivity contribution is 0.546. The second-order valence-corrected chi connectivity index (χ2v) is 9.40. The Balaban J connectivity index is 1.35. The molecule has 11 heteroatoms. The van der Waals surface area contributed by atoms with Gasteiger partial charge in [-0.2, -0.15) is 0 Å². The number of nitrogens with zero attached hydrogens (tertiary/aromatic N) is 6. The topological polar surface area (TPSA) is 84.2 Å². The van der Waals surface area contributed by atoms with E-state index in [1.165, 1.54) is 12.1 Å². The Hall–Kier alpha value is -3.08. The molecule has 0 aliphatic carbocycles. The molecule has 3 aromatic rings. The molecule has 1 aliphatic rings. The lowest BCUT2D eigenvalue weighted by Crippen LogP contribution is -2.47. The monoisotopic (exact) mass is 448 g/mol. The van der Waals surface area contributed by atoms with E-state index in [-0.39, 0.29) is 5.75 Å². The fourth-order valence-corrected chi connectivity index (χ4v) is 4.92. The first-order valence-corrected chi connectivity index (χ1v) is 11.6. The average molecular weight is 448 g/mol. The molecule has 0 amide bonds. The van der Waals surface area contributed by atoms with E-state index in [0.29, 0.717) is 55.7 Å². The quantitative estimate of drug-likeness (QED) is 0.548. The van der Waals surface area contributed by atoms with E-state index in [4.69, 9.17) is 0 Å². The highest BCUT2D eigenvalue weighted by atomic mass is 32.2. The van der Waals surface area contributed by atoms with E-state index in [0.717, 1.165) is 6.07 Å². The summed E-state index contributed by atoms with van der Waals surface area (Å²) in [6.45, 7) is 2.61. The summed E-state index contributed by atoms with van der Waals surface area (Å²) < 4.78 is 53.5. The maximum Gasteiger partial charge on any atom is 0.245 e. The van der Waals surface area contributed by atoms with Crippen LogP contribution in [0.3, 0.4) is 0 Å². The first kappa shape index (κ1) is 21.2.